The molecule has 0 aliphatic carbocycles. The number of rotatable bonds is 2. The van der Waals surface area contributed by atoms with Gasteiger partial charge in [0.2, 0.25) is 0 Å². The molecule has 0 fully saturated rings. The van der Waals surface area contributed by atoms with Gasteiger partial charge >= 0.3 is 0 Å². The highest BCUT2D eigenvalue weighted by molar-refractivity contribution is 5.52. The van der Waals surface area contributed by atoms with Crippen molar-refractivity contribution in [1.29, 1.82) is 0 Å². The molecular weight excluding hydrogens is 140 g/mol. The monoisotopic (exact) mass is 152 g/mol. The zero-order valence-electron chi connectivity index (χ0n) is 6.78. The summed E-state index contributed by atoms with van der Waals surface area (Å²) in [6.45, 7) is 7.63. The van der Waals surface area contributed by atoms with Crippen LogP contribution in [-0.2, 0) is 0 Å². The van der Waals surface area contributed by atoms with Gasteiger partial charge in [-0.05, 0) is 13.8 Å². The fourth-order valence-corrected chi connectivity index (χ4v) is 0.858. The Balaban J connectivity index is 3.06. The summed E-state index contributed by atoms with van der Waals surface area (Å²) in [5, 5.41) is 4.00. The minimum atomic E-state index is 0.271. The molecule has 0 bridgehead atoms. The molecule has 0 aliphatic rings. The van der Waals surface area contributed by atoms with Gasteiger partial charge in [0.25, 0.3) is 0 Å². The Hall–Kier alpha value is -1.32. The molecule has 60 valence electrons. The molecule has 11 heavy (non-hydrogen) atoms. The van der Waals surface area contributed by atoms with Gasteiger partial charge in [-0.2, -0.15) is 5.10 Å². The lowest BCUT2D eigenvalue weighted by Gasteiger charge is -2.07. The fourth-order valence-electron chi connectivity index (χ4n) is 0.858. The van der Waals surface area contributed by atoms with Gasteiger partial charge in [-0.15, -0.1) is 0 Å². The lowest BCUT2D eigenvalue weighted by molar-refractivity contribution is 0.524. The van der Waals surface area contributed by atoms with E-state index in [-0.39, 0.29) is 6.04 Å². The summed E-state index contributed by atoms with van der Waals surface area (Å²) in [6.07, 6.45) is 1.48. The molecule has 0 unspecified atom stereocenters. The van der Waals surface area contributed by atoms with E-state index >= 15 is 0 Å². The maximum Gasteiger partial charge on any atom is 0.173 e. The molecule has 0 aliphatic heterocycles. The fraction of sp³-hybridized carbons (Fsp3) is 0.429. The zero-order valence-corrected chi connectivity index (χ0v) is 6.78. The molecular formula is C7H12N4. The summed E-state index contributed by atoms with van der Waals surface area (Å²) in [6, 6.07) is 0.271. The first-order valence-corrected chi connectivity index (χ1v) is 3.47. The SMILES string of the molecule is C=C(N)c1ncnn1C(C)C. The van der Waals surface area contributed by atoms with Crippen LogP contribution in [0.25, 0.3) is 5.70 Å². The van der Waals surface area contributed by atoms with E-state index in [0.29, 0.717) is 11.5 Å². The molecule has 1 rings (SSSR count). The average molecular weight is 152 g/mol. The second-order valence-corrected chi connectivity index (χ2v) is 2.65. The molecule has 4 nitrogen and oxygen atoms in total. The van der Waals surface area contributed by atoms with Crippen molar-refractivity contribution in [3.05, 3.63) is 18.7 Å². The van der Waals surface area contributed by atoms with Crippen molar-refractivity contribution in [2.75, 3.05) is 0 Å². The third kappa shape index (κ3) is 1.39. The van der Waals surface area contributed by atoms with Gasteiger partial charge in [-0.1, -0.05) is 6.58 Å². The van der Waals surface area contributed by atoms with Crippen molar-refractivity contribution in [3.8, 4) is 0 Å². The second kappa shape index (κ2) is 2.74. The quantitative estimate of drug-likeness (QED) is 0.681. The molecule has 4 heteroatoms. The van der Waals surface area contributed by atoms with Crippen LogP contribution in [-0.4, -0.2) is 14.8 Å². The summed E-state index contributed by atoms with van der Waals surface area (Å²) < 4.78 is 1.74. The van der Waals surface area contributed by atoms with Crippen LogP contribution in [0, 0.1) is 0 Å². The first-order valence-electron chi connectivity index (χ1n) is 3.47. The molecule has 0 aromatic carbocycles. The highest BCUT2D eigenvalue weighted by Crippen LogP contribution is 2.08. The molecule has 0 atom stereocenters. The van der Waals surface area contributed by atoms with Gasteiger partial charge in [0, 0.05) is 6.04 Å². The molecule has 1 heterocycles. The van der Waals surface area contributed by atoms with E-state index in [2.05, 4.69) is 16.7 Å². The lowest BCUT2D eigenvalue weighted by atomic mass is 10.4. The van der Waals surface area contributed by atoms with Crippen molar-refractivity contribution in [2.24, 2.45) is 5.73 Å². The topological polar surface area (TPSA) is 56.7 Å². The number of nitrogens with two attached hydrogens (primary N) is 1. The van der Waals surface area contributed by atoms with E-state index in [4.69, 9.17) is 5.73 Å². The smallest absolute Gasteiger partial charge is 0.173 e. The summed E-state index contributed by atoms with van der Waals surface area (Å²) >= 11 is 0. The summed E-state index contributed by atoms with van der Waals surface area (Å²) in [4.78, 5) is 3.96. The average Bonchev–Trinajstić information content (AvgIpc) is 2.32. The third-order valence-electron chi connectivity index (χ3n) is 1.35. The highest BCUT2D eigenvalue weighted by atomic mass is 15.3. The van der Waals surface area contributed by atoms with Crippen molar-refractivity contribution in [3.63, 3.8) is 0 Å². The Morgan fingerprint density at radius 2 is 2.36 bits per heavy atom. The van der Waals surface area contributed by atoms with Crippen LogP contribution >= 0.6 is 0 Å². The van der Waals surface area contributed by atoms with Crippen molar-refractivity contribution in [2.45, 2.75) is 19.9 Å². The van der Waals surface area contributed by atoms with Crippen LogP contribution in [0.4, 0.5) is 0 Å². The summed E-state index contributed by atoms with van der Waals surface area (Å²) in [5.74, 6) is 0.653. The Morgan fingerprint density at radius 3 is 2.73 bits per heavy atom. The van der Waals surface area contributed by atoms with Gasteiger partial charge in [0.05, 0.1) is 5.70 Å². The molecule has 1 aromatic rings. The van der Waals surface area contributed by atoms with Gasteiger partial charge in [-0.3, -0.25) is 0 Å². The minimum Gasteiger partial charge on any atom is -0.396 e. The molecule has 0 spiro atoms. The van der Waals surface area contributed by atoms with Gasteiger partial charge < -0.3 is 5.73 Å². The number of nitrogens with zero attached hydrogens (tertiary/aromatic N) is 3. The number of hydrogen-bond donors (Lipinski definition) is 1. The molecule has 2 N–H and O–H groups in total. The minimum absolute atomic E-state index is 0.271. The van der Waals surface area contributed by atoms with Crippen LogP contribution < -0.4 is 5.73 Å². The van der Waals surface area contributed by atoms with E-state index in [1.165, 1.54) is 6.33 Å². The number of hydrogen-bond acceptors (Lipinski definition) is 3. The molecule has 0 amide bonds. The van der Waals surface area contributed by atoms with Crippen molar-refractivity contribution >= 4 is 5.70 Å². The van der Waals surface area contributed by atoms with Crippen molar-refractivity contribution < 1.29 is 0 Å². The summed E-state index contributed by atoms with van der Waals surface area (Å²) in [5.41, 5.74) is 5.93. The summed E-state index contributed by atoms with van der Waals surface area (Å²) in [7, 11) is 0. The molecule has 0 radical (unpaired) electrons. The Kier molecular flexibility index (Phi) is 1.94. The van der Waals surface area contributed by atoms with Crippen LogP contribution in [0.5, 0.6) is 0 Å². The molecule has 0 saturated heterocycles. The largest absolute Gasteiger partial charge is 0.396 e. The Labute approximate surface area is 65.7 Å². The first-order chi connectivity index (χ1) is 5.13. The van der Waals surface area contributed by atoms with Crippen molar-refractivity contribution in [1.82, 2.24) is 14.8 Å². The molecule has 1 aromatic heterocycles. The zero-order chi connectivity index (χ0) is 8.43. The Bertz CT molecular complexity index is 261. The molecule has 0 saturated carbocycles. The first kappa shape index (κ1) is 7.78. The van der Waals surface area contributed by atoms with E-state index in [0.717, 1.165) is 0 Å². The van der Waals surface area contributed by atoms with Crippen LogP contribution in [0.1, 0.15) is 25.7 Å². The predicted octanol–water partition coefficient (Wildman–Crippen LogP) is 0.788. The highest BCUT2D eigenvalue weighted by Gasteiger charge is 2.07. The van der Waals surface area contributed by atoms with E-state index < -0.39 is 0 Å². The lowest BCUT2D eigenvalue weighted by Crippen LogP contribution is -2.10. The normalized spacial score (nSPS) is 10.5. The van der Waals surface area contributed by atoms with E-state index in [9.17, 15) is 0 Å². The third-order valence-corrected chi connectivity index (χ3v) is 1.35. The maximum absolute atomic E-state index is 5.48. The van der Waals surface area contributed by atoms with Crippen LogP contribution in [0.3, 0.4) is 0 Å². The van der Waals surface area contributed by atoms with Crippen LogP contribution in [0.2, 0.25) is 0 Å². The number of aromatic nitrogens is 3. The van der Waals surface area contributed by atoms with E-state index in [1.807, 2.05) is 13.8 Å². The van der Waals surface area contributed by atoms with Gasteiger partial charge in [0.15, 0.2) is 5.82 Å². The van der Waals surface area contributed by atoms with Crippen LogP contribution in [0.15, 0.2) is 12.9 Å². The predicted molar refractivity (Wildman–Crippen MR) is 43.6 cm³/mol. The standard InChI is InChI=1S/C7H12N4/c1-5(2)11-7(6(3)8)9-4-10-11/h4-5H,3,8H2,1-2H3. The van der Waals surface area contributed by atoms with E-state index in [1.54, 1.807) is 4.68 Å². The van der Waals surface area contributed by atoms with Gasteiger partial charge in [0.1, 0.15) is 6.33 Å². The second-order valence-electron chi connectivity index (χ2n) is 2.65. The van der Waals surface area contributed by atoms with Gasteiger partial charge in [-0.25, -0.2) is 9.67 Å². The Morgan fingerprint density at radius 1 is 1.73 bits per heavy atom. The maximum atomic E-state index is 5.48.